The smallest absolute Gasteiger partial charge is 0.414 e. The zero-order valence-corrected chi connectivity index (χ0v) is 10.5. The Kier molecular flexibility index (Phi) is 4.26. The number of hydrogen-bond acceptors (Lipinski definition) is 4. The molecule has 1 N–H and O–H groups in total. The molecule has 0 atom stereocenters. The van der Waals surface area contributed by atoms with Crippen LogP contribution < -0.4 is 5.32 Å². The van der Waals surface area contributed by atoms with Crippen molar-refractivity contribution in [2.24, 2.45) is 5.92 Å². The van der Waals surface area contributed by atoms with Gasteiger partial charge in [-0.25, -0.2) is 4.79 Å². The van der Waals surface area contributed by atoms with E-state index in [0.29, 0.717) is 12.3 Å². The molecule has 0 aliphatic heterocycles. The van der Waals surface area contributed by atoms with Crippen molar-refractivity contribution in [1.82, 2.24) is 5.32 Å². The van der Waals surface area contributed by atoms with Gasteiger partial charge in [-0.3, -0.25) is 14.9 Å². The lowest BCUT2D eigenvalue weighted by atomic mass is 10.1. The second-order valence-electron chi connectivity index (χ2n) is 5.41. The minimum atomic E-state index is -0.804. The van der Waals surface area contributed by atoms with Gasteiger partial charge in [0, 0.05) is 6.42 Å². The van der Waals surface area contributed by atoms with Crippen molar-refractivity contribution in [3.05, 3.63) is 0 Å². The summed E-state index contributed by atoms with van der Waals surface area (Å²) >= 11 is 0. The predicted octanol–water partition coefficient (Wildman–Crippen LogP) is 1.80. The molecule has 0 aromatic rings. The van der Waals surface area contributed by atoms with Crippen LogP contribution in [0.3, 0.4) is 0 Å². The highest BCUT2D eigenvalue weighted by atomic mass is 16.6. The number of carbonyl (C=O) groups excluding carboxylic acids is 3. The van der Waals surface area contributed by atoms with E-state index in [1.165, 1.54) is 0 Å². The van der Waals surface area contributed by atoms with Gasteiger partial charge in [-0.1, -0.05) is 0 Å². The van der Waals surface area contributed by atoms with Gasteiger partial charge in [0.15, 0.2) is 0 Å². The summed E-state index contributed by atoms with van der Waals surface area (Å²) in [6.07, 6.45) is 1.54. The first-order valence-electron chi connectivity index (χ1n) is 5.81. The average Bonchev–Trinajstić information content (AvgIpc) is 2.82. The Morgan fingerprint density at radius 3 is 2.29 bits per heavy atom. The Balaban J connectivity index is 2.23. The molecule has 1 fully saturated rings. The maximum absolute atomic E-state index is 11.4. The van der Waals surface area contributed by atoms with Crippen LogP contribution in [0.1, 0.15) is 46.5 Å². The van der Waals surface area contributed by atoms with Crippen LogP contribution in [0.15, 0.2) is 0 Å². The van der Waals surface area contributed by atoms with Crippen LogP contribution >= 0.6 is 0 Å². The number of Topliss-reactive ketones (excluding diaryl/α,β-unsaturated/α-hetero) is 1. The second-order valence-corrected chi connectivity index (χ2v) is 5.41. The van der Waals surface area contributed by atoms with Crippen molar-refractivity contribution in [2.45, 2.75) is 52.1 Å². The monoisotopic (exact) mass is 241 g/mol. The zero-order chi connectivity index (χ0) is 13.1. The molecule has 0 aromatic carbocycles. The lowest BCUT2D eigenvalue weighted by Gasteiger charge is -2.19. The summed E-state index contributed by atoms with van der Waals surface area (Å²) in [5.41, 5.74) is -0.650. The van der Waals surface area contributed by atoms with E-state index in [1.54, 1.807) is 20.8 Å². The highest BCUT2D eigenvalue weighted by Crippen LogP contribution is 2.32. The molecule has 17 heavy (non-hydrogen) atoms. The number of nitrogens with one attached hydrogen (secondary N) is 1. The molecule has 0 radical (unpaired) electrons. The minimum Gasteiger partial charge on any atom is -0.444 e. The van der Waals surface area contributed by atoms with E-state index in [0.717, 1.165) is 12.8 Å². The molecule has 96 valence electrons. The third-order valence-electron chi connectivity index (χ3n) is 2.21. The predicted molar refractivity (Wildman–Crippen MR) is 61.3 cm³/mol. The van der Waals surface area contributed by atoms with Crippen molar-refractivity contribution < 1.29 is 19.1 Å². The average molecular weight is 241 g/mol. The molecular weight excluding hydrogens is 222 g/mol. The summed E-state index contributed by atoms with van der Waals surface area (Å²) in [5, 5.41) is 2.04. The molecule has 0 heterocycles. The Labute approximate surface area is 101 Å². The molecule has 0 aromatic heterocycles. The summed E-state index contributed by atoms with van der Waals surface area (Å²) < 4.78 is 4.90. The molecule has 2 amide bonds. The highest BCUT2D eigenvalue weighted by molar-refractivity contribution is 6.03. The normalized spacial score (nSPS) is 15.2. The number of imide groups is 1. The molecule has 0 saturated heterocycles. The van der Waals surface area contributed by atoms with Crippen molar-refractivity contribution >= 4 is 17.8 Å². The summed E-state index contributed by atoms with van der Waals surface area (Å²) in [6, 6.07) is 0. The maximum Gasteiger partial charge on any atom is 0.414 e. The van der Waals surface area contributed by atoms with E-state index in [4.69, 9.17) is 4.74 Å². The minimum absolute atomic E-state index is 0.117. The van der Waals surface area contributed by atoms with E-state index >= 15 is 0 Å². The van der Waals surface area contributed by atoms with Crippen LogP contribution in [-0.2, 0) is 14.3 Å². The third-order valence-corrected chi connectivity index (χ3v) is 2.21. The van der Waals surface area contributed by atoms with Gasteiger partial charge in [0.2, 0.25) is 5.91 Å². The van der Waals surface area contributed by atoms with E-state index < -0.39 is 17.6 Å². The number of alkyl carbamates (subject to hydrolysis) is 1. The lowest BCUT2D eigenvalue weighted by molar-refractivity contribution is -0.128. The molecule has 5 nitrogen and oxygen atoms in total. The first-order chi connectivity index (χ1) is 7.76. The van der Waals surface area contributed by atoms with E-state index in [1.807, 2.05) is 5.32 Å². The number of ketones is 1. The van der Waals surface area contributed by atoms with Crippen molar-refractivity contribution in [2.75, 3.05) is 0 Å². The number of carbonyl (C=O) groups is 3. The lowest BCUT2D eigenvalue weighted by Crippen LogP contribution is -2.37. The van der Waals surface area contributed by atoms with Crippen LogP contribution in [0, 0.1) is 5.92 Å². The van der Waals surface area contributed by atoms with Crippen molar-refractivity contribution in [3.63, 3.8) is 0 Å². The Morgan fingerprint density at radius 1 is 1.24 bits per heavy atom. The van der Waals surface area contributed by atoms with Gasteiger partial charge in [-0.2, -0.15) is 0 Å². The van der Waals surface area contributed by atoms with E-state index in [9.17, 15) is 14.4 Å². The van der Waals surface area contributed by atoms with Crippen molar-refractivity contribution in [3.8, 4) is 0 Å². The van der Waals surface area contributed by atoms with Crippen LogP contribution in [0.2, 0.25) is 0 Å². The molecule has 5 heteroatoms. The van der Waals surface area contributed by atoms with Gasteiger partial charge in [0.25, 0.3) is 0 Å². The molecule has 1 aliphatic carbocycles. The quantitative estimate of drug-likeness (QED) is 0.762. The SMILES string of the molecule is CC(C)(C)OC(=O)NC(=O)CC(=O)CC1CC1. The van der Waals surface area contributed by atoms with Gasteiger partial charge in [0.1, 0.15) is 11.4 Å². The van der Waals surface area contributed by atoms with Crippen LogP contribution in [0.25, 0.3) is 0 Å². The molecule has 0 spiro atoms. The molecule has 0 bridgehead atoms. The summed E-state index contributed by atoms with van der Waals surface area (Å²) in [6.45, 7) is 5.11. The fourth-order valence-electron chi connectivity index (χ4n) is 1.36. The summed E-state index contributed by atoms with van der Waals surface area (Å²) in [7, 11) is 0. The fourth-order valence-corrected chi connectivity index (χ4v) is 1.36. The summed E-state index contributed by atoms with van der Waals surface area (Å²) in [5.74, 6) is -0.254. The first kappa shape index (κ1) is 13.7. The van der Waals surface area contributed by atoms with Crippen molar-refractivity contribution in [1.29, 1.82) is 0 Å². The number of hydrogen-bond donors (Lipinski definition) is 1. The topological polar surface area (TPSA) is 72.5 Å². The molecule has 1 aliphatic rings. The molecule has 0 unspecified atom stereocenters. The van der Waals surface area contributed by atoms with Crippen LogP contribution in [0.4, 0.5) is 4.79 Å². The molecule has 1 saturated carbocycles. The standard InChI is InChI=1S/C12H19NO4/c1-12(2,3)17-11(16)13-10(15)7-9(14)6-8-4-5-8/h8H,4-7H2,1-3H3,(H,13,15,16). The number of amides is 2. The second kappa shape index (κ2) is 5.29. The third kappa shape index (κ3) is 6.71. The van der Waals surface area contributed by atoms with Gasteiger partial charge in [-0.05, 0) is 39.5 Å². The van der Waals surface area contributed by atoms with Crippen LogP contribution in [0.5, 0.6) is 0 Å². The van der Waals surface area contributed by atoms with E-state index in [-0.39, 0.29) is 12.2 Å². The van der Waals surface area contributed by atoms with E-state index in [2.05, 4.69) is 0 Å². The fraction of sp³-hybridized carbons (Fsp3) is 0.750. The van der Waals surface area contributed by atoms with Gasteiger partial charge >= 0.3 is 6.09 Å². The molecular formula is C12H19NO4. The highest BCUT2D eigenvalue weighted by Gasteiger charge is 2.26. The zero-order valence-electron chi connectivity index (χ0n) is 10.5. The Bertz CT molecular complexity index is 326. The Hall–Kier alpha value is -1.39. The summed E-state index contributed by atoms with van der Waals surface area (Å²) in [4.78, 5) is 33.9. The van der Waals surface area contributed by atoms with Gasteiger partial charge in [0.05, 0.1) is 6.42 Å². The maximum atomic E-state index is 11.4. The van der Waals surface area contributed by atoms with Gasteiger partial charge in [-0.15, -0.1) is 0 Å². The number of rotatable bonds is 4. The molecule has 1 rings (SSSR count). The first-order valence-corrected chi connectivity index (χ1v) is 5.81. The Morgan fingerprint density at radius 2 is 1.82 bits per heavy atom. The number of ether oxygens (including phenoxy) is 1. The van der Waals surface area contributed by atoms with Crippen LogP contribution in [-0.4, -0.2) is 23.4 Å². The van der Waals surface area contributed by atoms with Gasteiger partial charge < -0.3 is 4.74 Å². The largest absolute Gasteiger partial charge is 0.444 e.